The van der Waals surface area contributed by atoms with Gasteiger partial charge in [0.25, 0.3) is 0 Å². The van der Waals surface area contributed by atoms with Crippen LogP contribution in [0.15, 0.2) is 42.7 Å². The fourth-order valence-corrected chi connectivity index (χ4v) is 3.02. The Morgan fingerprint density at radius 2 is 1.96 bits per heavy atom. The predicted octanol–water partition coefficient (Wildman–Crippen LogP) is -0.280. The molecule has 4 nitrogen and oxygen atoms in total. The Morgan fingerprint density at radius 1 is 1.13 bits per heavy atom. The van der Waals surface area contributed by atoms with Crippen LogP contribution in [0, 0.1) is 0 Å². The summed E-state index contributed by atoms with van der Waals surface area (Å²) < 4.78 is 0. The molecule has 1 aliphatic carbocycles. The number of rotatable bonds is 3. The molecule has 0 amide bonds. The van der Waals surface area contributed by atoms with Crippen molar-refractivity contribution in [3.8, 4) is 0 Å². The van der Waals surface area contributed by atoms with E-state index in [0.29, 0.717) is 6.04 Å². The van der Waals surface area contributed by atoms with Gasteiger partial charge in [0, 0.05) is 34.9 Å². The van der Waals surface area contributed by atoms with Crippen LogP contribution in [-0.2, 0) is 0 Å². The van der Waals surface area contributed by atoms with Crippen molar-refractivity contribution in [3.63, 3.8) is 0 Å². The summed E-state index contributed by atoms with van der Waals surface area (Å²) in [5.41, 5.74) is 1.25. The van der Waals surface area contributed by atoms with E-state index in [-0.39, 0.29) is 35.1 Å². The first kappa shape index (κ1) is 16.2. The molecule has 0 bridgehead atoms. The monoisotopic (exact) mass is 314 g/mol. The van der Waals surface area contributed by atoms with E-state index < -0.39 is 5.97 Å². The summed E-state index contributed by atoms with van der Waals surface area (Å²) in [6.07, 6.45) is 7.25. The molecule has 0 unspecified atom stereocenters. The molecular formula is C18H15N2NaO2. The third kappa shape index (κ3) is 2.94. The maximum Gasteiger partial charge on any atom is 1.00 e. The van der Waals surface area contributed by atoms with Crippen LogP contribution in [0.3, 0.4) is 0 Å². The van der Waals surface area contributed by atoms with Gasteiger partial charge >= 0.3 is 29.6 Å². The number of pyridine rings is 1. The summed E-state index contributed by atoms with van der Waals surface area (Å²) >= 11 is 0. The second kappa shape index (κ2) is 6.48. The van der Waals surface area contributed by atoms with E-state index in [1.54, 1.807) is 18.3 Å². The first-order valence-electron chi connectivity index (χ1n) is 7.51. The topological polar surface area (TPSA) is 65.0 Å². The van der Waals surface area contributed by atoms with Gasteiger partial charge in [-0.25, -0.2) is 0 Å². The van der Waals surface area contributed by atoms with Gasteiger partial charge in [0.05, 0.1) is 5.97 Å². The molecule has 3 aromatic rings. The molecule has 1 aromatic heterocycles. The number of fused-ring (bicyclic) bond motifs is 3. The van der Waals surface area contributed by atoms with Gasteiger partial charge in [-0.2, -0.15) is 0 Å². The number of aromatic nitrogens is 1. The zero-order chi connectivity index (χ0) is 15.1. The van der Waals surface area contributed by atoms with Crippen molar-refractivity contribution in [1.82, 2.24) is 4.98 Å². The summed E-state index contributed by atoms with van der Waals surface area (Å²) in [7, 11) is 0. The number of carbonyl (C=O) groups excluding carboxylic acids is 1. The van der Waals surface area contributed by atoms with Crippen molar-refractivity contribution < 1.29 is 39.5 Å². The molecule has 0 atom stereocenters. The van der Waals surface area contributed by atoms with Gasteiger partial charge in [-0.3, -0.25) is 4.98 Å². The smallest absolute Gasteiger partial charge is 0.545 e. The van der Waals surface area contributed by atoms with E-state index in [0.717, 1.165) is 27.2 Å². The molecule has 5 heteroatoms. The van der Waals surface area contributed by atoms with Crippen molar-refractivity contribution in [2.45, 2.75) is 25.3 Å². The van der Waals surface area contributed by atoms with Crippen LogP contribution in [0.5, 0.6) is 0 Å². The minimum atomic E-state index is -1.15. The van der Waals surface area contributed by atoms with E-state index in [1.807, 2.05) is 24.4 Å². The summed E-state index contributed by atoms with van der Waals surface area (Å²) in [6.45, 7) is 0. The Bertz CT molecular complexity index is 891. The fourth-order valence-electron chi connectivity index (χ4n) is 3.02. The molecule has 1 saturated carbocycles. The van der Waals surface area contributed by atoms with Crippen molar-refractivity contribution >= 4 is 33.2 Å². The Morgan fingerprint density at radius 3 is 2.65 bits per heavy atom. The van der Waals surface area contributed by atoms with Gasteiger partial charge in [0.2, 0.25) is 0 Å². The number of aromatic carboxylic acids is 1. The maximum atomic E-state index is 11.1. The van der Waals surface area contributed by atoms with Crippen molar-refractivity contribution in [1.29, 1.82) is 0 Å². The first-order chi connectivity index (χ1) is 10.7. The van der Waals surface area contributed by atoms with Gasteiger partial charge in [-0.15, -0.1) is 0 Å². The minimum absolute atomic E-state index is 0. The molecule has 23 heavy (non-hydrogen) atoms. The second-order valence-electron chi connectivity index (χ2n) is 5.84. The number of nitrogens with zero attached hydrogens (tertiary/aromatic N) is 1. The van der Waals surface area contributed by atoms with Crippen molar-refractivity contribution in [2.24, 2.45) is 0 Å². The van der Waals surface area contributed by atoms with Gasteiger partial charge in [0.1, 0.15) is 0 Å². The standard InChI is InChI=1S/C18H16N2O2.Na/c21-18(22)11-4-5-14-12(8-11)9-17(20-13-2-1-3-13)15-6-7-19-10-16(14)15;/h4-10,13,20H,1-3H2,(H,21,22);/q;+1/p-1. The number of nitrogens with one attached hydrogen (secondary N) is 1. The summed E-state index contributed by atoms with van der Waals surface area (Å²) in [5.74, 6) is -1.15. The van der Waals surface area contributed by atoms with Gasteiger partial charge < -0.3 is 15.2 Å². The van der Waals surface area contributed by atoms with E-state index in [9.17, 15) is 9.90 Å². The van der Waals surface area contributed by atoms with Gasteiger partial charge in [-0.05, 0) is 53.8 Å². The summed E-state index contributed by atoms with van der Waals surface area (Å²) in [4.78, 5) is 15.3. The molecule has 1 heterocycles. The van der Waals surface area contributed by atoms with Crippen LogP contribution in [0.25, 0.3) is 21.5 Å². The van der Waals surface area contributed by atoms with E-state index >= 15 is 0 Å². The predicted molar refractivity (Wildman–Crippen MR) is 84.8 cm³/mol. The normalized spacial score (nSPS) is 14.3. The quantitative estimate of drug-likeness (QED) is 0.533. The molecule has 2 aromatic carbocycles. The molecular weight excluding hydrogens is 299 g/mol. The number of hydrogen-bond acceptors (Lipinski definition) is 4. The Balaban J connectivity index is 0.00000156. The molecule has 1 aliphatic rings. The van der Waals surface area contributed by atoms with Crippen LogP contribution in [0.4, 0.5) is 5.69 Å². The Kier molecular flexibility index (Phi) is 4.57. The van der Waals surface area contributed by atoms with E-state index in [4.69, 9.17) is 0 Å². The average Bonchev–Trinajstić information content (AvgIpc) is 2.50. The van der Waals surface area contributed by atoms with Crippen LogP contribution < -0.4 is 40.0 Å². The van der Waals surface area contributed by atoms with Crippen molar-refractivity contribution in [3.05, 3.63) is 48.3 Å². The molecule has 4 rings (SSSR count). The molecule has 110 valence electrons. The Labute approximate surface area is 156 Å². The average molecular weight is 314 g/mol. The third-order valence-electron chi connectivity index (χ3n) is 4.45. The number of benzene rings is 2. The SMILES string of the molecule is O=C([O-])c1ccc2c(c1)cc(NC1CCC1)c1ccncc12.[Na+]. The number of anilines is 1. The zero-order valence-corrected chi connectivity index (χ0v) is 15.0. The van der Waals surface area contributed by atoms with Crippen LogP contribution in [0.1, 0.15) is 29.6 Å². The number of carboxylic acids is 1. The van der Waals surface area contributed by atoms with E-state index in [1.165, 1.54) is 19.3 Å². The van der Waals surface area contributed by atoms with Crippen LogP contribution in [0.2, 0.25) is 0 Å². The van der Waals surface area contributed by atoms with Crippen LogP contribution >= 0.6 is 0 Å². The molecule has 0 saturated heterocycles. The Hall–Kier alpha value is -1.62. The number of hydrogen-bond donors (Lipinski definition) is 1. The second-order valence-corrected chi connectivity index (χ2v) is 5.84. The first-order valence-corrected chi connectivity index (χ1v) is 7.51. The third-order valence-corrected chi connectivity index (χ3v) is 4.45. The zero-order valence-electron chi connectivity index (χ0n) is 13.0. The molecule has 1 N–H and O–H groups in total. The molecule has 1 fully saturated rings. The van der Waals surface area contributed by atoms with Gasteiger partial charge in [-0.1, -0.05) is 12.1 Å². The maximum absolute atomic E-state index is 11.1. The van der Waals surface area contributed by atoms with Crippen molar-refractivity contribution in [2.75, 3.05) is 5.32 Å². The van der Waals surface area contributed by atoms with E-state index in [2.05, 4.69) is 10.3 Å². The van der Waals surface area contributed by atoms with Crippen LogP contribution in [-0.4, -0.2) is 17.0 Å². The fraction of sp³-hybridized carbons (Fsp3) is 0.222. The minimum Gasteiger partial charge on any atom is -0.545 e. The summed E-state index contributed by atoms with van der Waals surface area (Å²) in [6, 6.07) is 9.63. The number of carboxylic acid groups (broad SMARTS) is 1. The summed E-state index contributed by atoms with van der Waals surface area (Å²) in [5, 5.41) is 18.7. The van der Waals surface area contributed by atoms with Gasteiger partial charge in [0.15, 0.2) is 0 Å². The largest absolute Gasteiger partial charge is 1.00 e. The molecule has 0 aliphatic heterocycles. The molecule has 0 spiro atoms. The number of carbonyl (C=O) groups is 1. The molecule has 0 radical (unpaired) electrons.